The van der Waals surface area contributed by atoms with E-state index in [2.05, 4.69) is 13.8 Å². The van der Waals surface area contributed by atoms with Crippen molar-refractivity contribution in [1.82, 2.24) is 0 Å². The molecule has 332 valence electrons. The summed E-state index contributed by atoms with van der Waals surface area (Å²) in [7, 11) is 0. The predicted molar refractivity (Wildman–Crippen MR) is 224 cm³/mol. The highest BCUT2D eigenvalue weighted by molar-refractivity contribution is 4.54. The van der Waals surface area contributed by atoms with Gasteiger partial charge in [-0.1, -0.05) is 117 Å². The predicted octanol–water partition coefficient (Wildman–Crippen LogP) is 7.76. The Kier molecular flexibility index (Phi) is 47.5. The van der Waals surface area contributed by atoms with Crippen molar-refractivity contribution in [2.24, 2.45) is 0 Å². The van der Waals surface area contributed by atoms with Crippen molar-refractivity contribution >= 4 is 0 Å². The van der Waals surface area contributed by atoms with Crippen LogP contribution in [0.25, 0.3) is 0 Å². The van der Waals surface area contributed by atoms with Gasteiger partial charge in [0.05, 0.1) is 132 Å². The van der Waals surface area contributed by atoms with E-state index in [4.69, 9.17) is 48.1 Å². The molecule has 0 aromatic heterocycles. The summed E-state index contributed by atoms with van der Waals surface area (Å²) in [5.74, 6) is 0. The number of hydrogen-bond donors (Lipinski definition) is 2. The fraction of sp³-hybridized carbons (Fsp3) is 1.00. The van der Waals surface area contributed by atoms with Crippen molar-refractivity contribution in [1.29, 1.82) is 0 Å². The zero-order valence-corrected chi connectivity index (χ0v) is 36.3. The molecule has 0 aliphatic rings. The fourth-order valence-electron chi connectivity index (χ4n) is 6.71. The van der Waals surface area contributed by atoms with Crippen molar-refractivity contribution in [3.8, 4) is 0 Å². The maximum Gasteiger partial charge on any atom is 0.102 e. The fourth-order valence-corrected chi connectivity index (χ4v) is 6.71. The lowest BCUT2D eigenvalue weighted by molar-refractivity contribution is -0.929. The SMILES string of the molecule is CCCCCCCCCCCC[N+](CCCCCCCCCCCC)(CCOCCOCCOCCOCCO)CCOCCOCCOCCOCCO. The molecule has 0 spiro atoms. The lowest BCUT2D eigenvalue weighted by Crippen LogP contribution is -2.53. The number of unbranched alkanes of at least 4 members (excludes halogenated alkanes) is 18. The third-order valence-electron chi connectivity index (χ3n) is 10.1. The van der Waals surface area contributed by atoms with Gasteiger partial charge in [-0.3, -0.25) is 0 Å². The van der Waals surface area contributed by atoms with Crippen LogP contribution in [0.5, 0.6) is 0 Å². The molecular weight excluding hydrogens is 702 g/mol. The highest BCUT2D eigenvalue weighted by atomic mass is 16.6. The second kappa shape index (κ2) is 47.9. The first-order chi connectivity index (χ1) is 27.2. The molecule has 0 aliphatic carbocycles. The van der Waals surface area contributed by atoms with Crippen LogP contribution in [0.1, 0.15) is 142 Å². The lowest BCUT2D eigenvalue weighted by atomic mass is 10.1. The summed E-state index contributed by atoms with van der Waals surface area (Å²) in [6.45, 7) is 17.6. The Hall–Kier alpha value is -0.440. The second-order valence-corrected chi connectivity index (χ2v) is 14.9. The molecule has 2 N–H and O–H groups in total. The molecule has 0 aromatic rings. The van der Waals surface area contributed by atoms with Gasteiger partial charge in [0.25, 0.3) is 0 Å². The summed E-state index contributed by atoms with van der Waals surface area (Å²) in [6.07, 6.45) is 27.0. The zero-order valence-electron chi connectivity index (χ0n) is 36.3. The Morgan fingerprint density at radius 3 is 0.727 bits per heavy atom. The van der Waals surface area contributed by atoms with Crippen LogP contribution in [-0.4, -0.2) is 160 Å². The van der Waals surface area contributed by atoms with Crippen molar-refractivity contribution in [2.75, 3.05) is 145 Å². The third kappa shape index (κ3) is 43.0. The number of rotatable bonds is 50. The Labute approximate surface area is 339 Å². The van der Waals surface area contributed by atoms with E-state index < -0.39 is 0 Å². The molecule has 0 saturated carbocycles. The minimum Gasteiger partial charge on any atom is -0.394 e. The Morgan fingerprint density at radius 1 is 0.255 bits per heavy atom. The van der Waals surface area contributed by atoms with Gasteiger partial charge in [-0.15, -0.1) is 0 Å². The zero-order chi connectivity index (χ0) is 39.9. The van der Waals surface area contributed by atoms with E-state index >= 15 is 0 Å². The van der Waals surface area contributed by atoms with Crippen LogP contribution in [0.15, 0.2) is 0 Å². The van der Waals surface area contributed by atoms with Gasteiger partial charge in [0, 0.05) is 0 Å². The van der Waals surface area contributed by atoms with Crippen LogP contribution in [0.2, 0.25) is 0 Å². The largest absolute Gasteiger partial charge is 0.394 e. The molecule has 55 heavy (non-hydrogen) atoms. The summed E-state index contributed by atoms with van der Waals surface area (Å²) in [6, 6.07) is 0. The smallest absolute Gasteiger partial charge is 0.102 e. The van der Waals surface area contributed by atoms with Crippen molar-refractivity contribution in [3.05, 3.63) is 0 Å². The molecule has 0 saturated heterocycles. The first-order valence-corrected chi connectivity index (χ1v) is 22.9. The lowest BCUT2D eigenvalue weighted by Gasteiger charge is -2.39. The summed E-state index contributed by atoms with van der Waals surface area (Å²) in [4.78, 5) is 0. The number of aliphatic hydroxyl groups excluding tert-OH is 2. The van der Waals surface area contributed by atoms with E-state index in [0.717, 1.165) is 30.8 Å². The van der Waals surface area contributed by atoms with Crippen LogP contribution < -0.4 is 0 Å². The first-order valence-electron chi connectivity index (χ1n) is 22.9. The highest BCUT2D eigenvalue weighted by Crippen LogP contribution is 2.18. The number of hydrogen-bond acceptors (Lipinski definition) is 10. The molecule has 11 nitrogen and oxygen atoms in total. The number of ether oxygens (including phenoxy) is 8. The maximum atomic E-state index is 8.77. The Morgan fingerprint density at radius 2 is 0.473 bits per heavy atom. The molecule has 0 unspecified atom stereocenters. The van der Waals surface area contributed by atoms with Crippen molar-refractivity contribution in [2.45, 2.75) is 142 Å². The maximum absolute atomic E-state index is 8.77. The quantitative estimate of drug-likeness (QED) is 0.0468. The summed E-state index contributed by atoms with van der Waals surface area (Å²) in [5, 5.41) is 17.5. The van der Waals surface area contributed by atoms with Crippen molar-refractivity contribution < 1.29 is 52.6 Å². The minimum atomic E-state index is 0.0353. The van der Waals surface area contributed by atoms with Crippen LogP contribution in [-0.2, 0) is 37.9 Å². The summed E-state index contributed by atoms with van der Waals surface area (Å²) in [5.41, 5.74) is 0. The molecule has 0 rings (SSSR count). The van der Waals surface area contributed by atoms with Gasteiger partial charge in [-0.05, 0) is 25.7 Å². The molecule has 0 aromatic carbocycles. The Bertz CT molecular complexity index is 637. The third-order valence-corrected chi connectivity index (χ3v) is 10.1. The van der Waals surface area contributed by atoms with Crippen molar-refractivity contribution in [3.63, 3.8) is 0 Å². The molecular formula is C44H92NO10+. The molecule has 0 atom stereocenters. The summed E-state index contributed by atoms with van der Waals surface area (Å²) < 4.78 is 46.3. The van der Waals surface area contributed by atoms with Crippen LogP contribution in [0.3, 0.4) is 0 Å². The van der Waals surface area contributed by atoms with E-state index in [9.17, 15) is 0 Å². The normalized spacial score (nSPS) is 12.0. The minimum absolute atomic E-state index is 0.0353. The van der Waals surface area contributed by atoms with Gasteiger partial charge in [0.2, 0.25) is 0 Å². The second-order valence-electron chi connectivity index (χ2n) is 14.9. The van der Waals surface area contributed by atoms with E-state index in [-0.39, 0.29) is 13.2 Å². The molecule has 0 aliphatic heterocycles. The number of aliphatic hydroxyl groups is 2. The van der Waals surface area contributed by atoms with Gasteiger partial charge in [0.15, 0.2) is 0 Å². The van der Waals surface area contributed by atoms with Gasteiger partial charge in [-0.2, -0.15) is 0 Å². The molecule has 0 heterocycles. The first kappa shape index (κ1) is 54.6. The standard InChI is InChI=1S/C44H92NO10/c1-3-5-7-9-11-13-15-17-19-21-23-45(24-22-20-18-16-14-12-10-8-6-4-2,25-29-48-33-37-52-41-43-54-39-35-50-31-27-46)26-30-49-34-38-53-42-44-55-40-36-51-32-28-47/h46-47H,3-44H2,1-2H3/q+1. The topological polar surface area (TPSA) is 114 Å². The molecule has 0 bridgehead atoms. The number of nitrogens with zero attached hydrogens (tertiary/aromatic N) is 1. The van der Waals surface area contributed by atoms with E-state index in [1.165, 1.54) is 142 Å². The molecule has 0 fully saturated rings. The molecule has 0 radical (unpaired) electrons. The Balaban J connectivity index is 4.86. The summed E-state index contributed by atoms with van der Waals surface area (Å²) >= 11 is 0. The molecule has 0 amide bonds. The van der Waals surface area contributed by atoms with Gasteiger partial charge in [0.1, 0.15) is 13.1 Å². The monoisotopic (exact) mass is 795 g/mol. The average molecular weight is 795 g/mol. The average Bonchev–Trinajstić information content (AvgIpc) is 3.19. The van der Waals surface area contributed by atoms with E-state index in [0.29, 0.717) is 92.5 Å². The van der Waals surface area contributed by atoms with E-state index in [1.807, 2.05) is 0 Å². The van der Waals surface area contributed by atoms with E-state index in [1.54, 1.807) is 0 Å². The van der Waals surface area contributed by atoms with Crippen LogP contribution >= 0.6 is 0 Å². The van der Waals surface area contributed by atoms with Crippen LogP contribution in [0, 0.1) is 0 Å². The van der Waals surface area contributed by atoms with Crippen LogP contribution in [0.4, 0.5) is 0 Å². The number of quaternary nitrogens is 1. The van der Waals surface area contributed by atoms with Gasteiger partial charge in [-0.25, -0.2) is 0 Å². The molecule has 11 heteroatoms. The van der Waals surface area contributed by atoms with Gasteiger partial charge >= 0.3 is 0 Å². The van der Waals surface area contributed by atoms with Gasteiger partial charge < -0.3 is 52.6 Å². The highest BCUT2D eigenvalue weighted by Gasteiger charge is 2.26.